The molecule has 3 rings (SSSR count). The lowest BCUT2D eigenvalue weighted by molar-refractivity contribution is -0.121. The molecule has 2 aliphatic rings. The lowest BCUT2D eigenvalue weighted by Gasteiger charge is -2.15. The van der Waals surface area contributed by atoms with Gasteiger partial charge in [0.1, 0.15) is 0 Å². The number of carbonyl (C=O) groups excluding carboxylic acids is 1. The summed E-state index contributed by atoms with van der Waals surface area (Å²) in [6, 6.07) is 0. The zero-order valence-electron chi connectivity index (χ0n) is 16.9. The quantitative estimate of drug-likeness (QED) is 0.728. The van der Waals surface area contributed by atoms with Gasteiger partial charge in [-0.15, -0.1) is 0 Å². The van der Waals surface area contributed by atoms with Crippen LogP contribution in [0.15, 0.2) is 4.52 Å². The predicted molar refractivity (Wildman–Crippen MR) is 107 cm³/mol. The molecule has 0 radical (unpaired) electrons. The van der Waals surface area contributed by atoms with E-state index >= 15 is 0 Å². The van der Waals surface area contributed by atoms with Crippen LogP contribution in [-0.2, 0) is 4.79 Å². The number of nitrogens with one attached hydrogen (secondary N) is 1. The lowest BCUT2D eigenvalue weighted by Crippen LogP contribution is -2.25. The summed E-state index contributed by atoms with van der Waals surface area (Å²) in [7, 11) is 0. The second-order valence-corrected chi connectivity index (χ2v) is 8.53. The van der Waals surface area contributed by atoms with Gasteiger partial charge in [0.05, 0.1) is 0 Å². The van der Waals surface area contributed by atoms with Gasteiger partial charge in [-0.05, 0) is 32.1 Å². The molecular weight excluding hydrogens is 338 g/mol. The Kier molecular flexibility index (Phi) is 8.63. The van der Waals surface area contributed by atoms with Crippen molar-refractivity contribution < 1.29 is 9.32 Å². The predicted octanol–water partition coefficient (Wildman–Crippen LogP) is 5.62. The third-order valence-corrected chi connectivity index (χ3v) is 6.30. The molecule has 5 nitrogen and oxygen atoms in total. The molecule has 2 heterocycles. The minimum Gasteiger partial charge on any atom is -0.356 e. The van der Waals surface area contributed by atoms with Crippen molar-refractivity contribution in [2.24, 2.45) is 0 Å². The molecule has 1 aromatic rings. The Bertz CT molecular complexity index is 548. The van der Waals surface area contributed by atoms with E-state index in [4.69, 9.17) is 9.51 Å². The molecule has 27 heavy (non-hydrogen) atoms. The number of hydrogen-bond acceptors (Lipinski definition) is 4. The topological polar surface area (TPSA) is 68.0 Å². The van der Waals surface area contributed by atoms with Crippen LogP contribution in [0.2, 0.25) is 0 Å². The van der Waals surface area contributed by atoms with E-state index in [1.165, 1.54) is 70.6 Å². The van der Waals surface area contributed by atoms with Crippen molar-refractivity contribution in [2.45, 2.75) is 115 Å². The lowest BCUT2D eigenvalue weighted by atomic mass is 9.91. The van der Waals surface area contributed by atoms with E-state index in [0.29, 0.717) is 18.9 Å². The van der Waals surface area contributed by atoms with Crippen LogP contribution in [0.5, 0.6) is 0 Å². The summed E-state index contributed by atoms with van der Waals surface area (Å²) >= 11 is 0. The first kappa shape index (κ1) is 20.3. The Morgan fingerprint density at radius 3 is 2.04 bits per heavy atom. The Labute approximate surface area is 164 Å². The minimum atomic E-state index is 0.184. The van der Waals surface area contributed by atoms with Crippen LogP contribution < -0.4 is 5.32 Å². The molecule has 0 bridgehead atoms. The van der Waals surface area contributed by atoms with Crippen LogP contribution in [-0.4, -0.2) is 22.6 Å². The molecule has 1 saturated heterocycles. The highest BCUT2D eigenvalue weighted by atomic mass is 16.5. The molecule has 1 saturated carbocycles. The summed E-state index contributed by atoms with van der Waals surface area (Å²) in [4.78, 5) is 16.7. The van der Waals surface area contributed by atoms with Crippen molar-refractivity contribution in [3.63, 3.8) is 0 Å². The third-order valence-electron chi connectivity index (χ3n) is 6.30. The summed E-state index contributed by atoms with van der Waals surface area (Å²) in [5.74, 6) is 2.66. The van der Waals surface area contributed by atoms with Crippen molar-refractivity contribution >= 4 is 5.91 Å². The third kappa shape index (κ3) is 6.93. The van der Waals surface area contributed by atoms with Gasteiger partial charge < -0.3 is 9.84 Å². The van der Waals surface area contributed by atoms with Gasteiger partial charge in [0.15, 0.2) is 5.82 Å². The molecule has 1 N–H and O–H groups in total. The van der Waals surface area contributed by atoms with Gasteiger partial charge in [0, 0.05) is 24.8 Å². The standard InChI is InChI=1S/C22H37N3O2/c26-20-15-11-7-6-10-14-19(16-17-23-20)22-24-21(25-27-22)18-12-8-4-2-1-3-5-9-13-18/h18-19H,1-17H2,(H,23,26). The molecule has 1 unspecified atom stereocenters. The second-order valence-electron chi connectivity index (χ2n) is 8.53. The molecule has 5 heteroatoms. The van der Waals surface area contributed by atoms with Crippen molar-refractivity contribution in [2.75, 3.05) is 6.54 Å². The van der Waals surface area contributed by atoms with E-state index in [1.807, 2.05) is 0 Å². The number of nitrogens with zero attached hydrogens (tertiary/aromatic N) is 2. The second kappa shape index (κ2) is 11.5. The summed E-state index contributed by atoms with van der Waals surface area (Å²) in [6.45, 7) is 0.713. The fourth-order valence-electron chi connectivity index (χ4n) is 4.54. The molecule has 1 aromatic heterocycles. The van der Waals surface area contributed by atoms with Gasteiger partial charge in [0.25, 0.3) is 0 Å². The fraction of sp³-hybridized carbons (Fsp3) is 0.864. The van der Waals surface area contributed by atoms with Crippen LogP contribution >= 0.6 is 0 Å². The van der Waals surface area contributed by atoms with Gasteiger partial charge in [0.2, 0.25) is 11.8 Å². The van der Waals surface area contributed by atoms with E-state index in [-0.39, 0.29) is 11.8 Å². The molecule has 2 fully saturated rings. The number of aromatic nitrogens is 2. The summed E-state index contributed by atoms with van der Waals surface area (Å²) < 4.78 is 5.74. The Hall–Kier alpha value is -1.39. The monoisotopic (exact) mass is 375 g/mol. The molecule has 0 aromatic carbocycles. The molecule has 1 atom stereocenters. The van der Waals surface area contributed by atoms with Gasteiger partial charge in [-0.2, -0.15) is 4.98 Å². The average molecular weight is 376 g/mol. The number of amides is 1. The maximum absolute atomic E-state index is 11.8. The van der Waals surface area contributed by atoms with Crippen molar-refractivity contribution in [1.29, 1.82) is 0 Å². The van der Waals surface area contributed by atoms with Crippen LogP contribution in [0.1, 0.15) is 126 Å². The maximum atomic E-state index is 11.8. The Morgan fingerprint density at radius 1 is 0.741 bits per heavy atom. The number of rotatable bonds is 2. The molecule has 1 aliphatic carbocycles. The van der Waals surface area contributed by atoms with Gasteiger partial charge in [-0.1, -0.05) is 69.4 Å². The summed E-state index contributed by atoms with van der Waals surface area (Å²) in [5, 5.41) is 7.45. The first-order valence-corrected chi connectivity index (χ1v) is 11.4. The van der Waals surface area contributed by atoms with Crippen molar-refractivity contribution in [1.82, 2.24) is 15.5 Å². The molecule has 1 amide bonds. The smallest absolute Gasteiger partial charge is 0.229 e. The van der Waals surface area contributed by atoms with E-state index in [0.717, 1.165) is 37.4 Å². The Balaban J connectivity index is 1.61. The Morgan fingerprint density at radius 2 is 1.33 bits per heavy atom. The number of carbonyl (C=O) groups is 1. The molecular formula is C22H37N3O2. The highest BCUT2D eigenvalue weighted by Crippen LogP contribution is 2.31. The first-order chi connectivity index (χ1) is 13.3. The maximum Gasteiger partial charge on any atom is 0.229 e. The zero-order valence-corrected chi connectivity index (χ0v) is 16.9. The normalized spacial score (nSPS) is 25.3. The van der Waals surface area contributed by atoms with Crippen LogP contribution in [0.4, 0.5) is 0 Å². The van der Waals surface area contributed by atoms with Crippen LogP contribution in [0.3, 0.4) is 0 Å². The largest absolute Gasteiger partial charge is 0.356 e. The van der Waals surface area contributed by atoms with E-state index in [9.17, 15) is 4.79 Å². The highest BCUT2D eigenvalue weighted by Gasteiger charge is 2.23. The minimum absolute atomic E-state index is 0.184. The zero-order chi connectivity index (χ0) is 18.7. The van der Waals surface area contributed by atoms with E-state index in [1.54, 1.807) is 0 Å². The van der Waals surface area contributed by atoms with Crippen molar-refractivity contribution in [3.8, 4) is 0 Å². The SMILES string of the molecule is O=C1CCCCCCC(c2nc(C3CCCCCCCCC3)no2)CCN1. The highest BCUT2D eigenvalue weighted by molar-refractivity contribution is 5.75. The first-order valence-electron chi connectivity index (χ1n) is 11.4. The average Bonchev–Trinajstić information content (AvgIpc) is 3.15. The molecule has 0 spiro atoms. The summed E-state index contributed by atoms with van der Waals surface area (Å²) in [5.41, 5.74) is 0. The van der Waals surface area contributed by atoms with Crippen molar-refractivity contribution in [3.05, 3.63) is 11.7 Å². The number of hydrogen-bond donors (Lipinski definition) is 1. The van der Waals surface area contributed by atoms with Gasteiger partial charge in [-0.25, -0.2) is 0 Å². The van der Waals surface area contributed by atoms with Crippen LogP contribution in [0, 0.1) is 0 Å². The van der Waals surface area contributed by atoms with E-state index < -0.39 is 0 Å². The van der Waals surface area contributed by atoms with Gasteiger partial charge >= 0.3 is 0 Å². The fourth-order valence-corrected chi connectivity index (χ4v) is 4.54. The molecule has 1 aliphatic heterocycles. The van der Waals surface area contributed by atoms with Crippen LogP contribution in [0.25, 0.3) is 0 Å². The molecule has 152 valence electrons. The summed E-state index contributed by atoms with van der Waals surface area (Å²) in [6.07, 6.45) is 18.9. The van der Waals surface area contributed by atoms with Gasteiger partial charge in [-0.3, -0.25) is 4.79 Å². The van der Waals surface area contributed by atoms with E-state index in [2.05, 4.69) is 10.5 Å².